The third-order valence-electron chi connectivity index (χ3n) is 3.02. The first kappa shape index (κ1) is 11.3. The fraction of sp³-hybridized carbons (Fsp3) is 0.727. The molecule has 1 unspecified atom stereocenters. The number of aryl methyl sites for hydroxylation is 1. The van der Waals surface area contributed by atoms with Crippen molar-refractivity contribution in [1.82, 2.24) is 15.0 Å². The van der Waals surface area contributed by atoms with E-state index in [0.717, 1.165) is 25.9 Å². The van der Waals surface area contributed by atoms with E-state index in [4.69, 9.17) is 4.52 Å². The molecule has 1 saturated heterocycles. The van der Waals surface area contributed by atoms with Crippen molar-refractivity contribution < 1.29 is 9.32 Å². The fourth-order valence-corrected chi connectivity index (χ4v) is 2.14. The van der Waals surface area contributed by atoms with Gasteiger partial charge in [-0.15, -0.1) is 0 Å². The van der Waals surface area contributed by atoms with Gasteiger partial charge in [0.15, 0.2) is 5.82 Å². The van der Waals surface area contributed by atoms with Crippen LogP contribution in [0.4, 0.5) is 0 Å². The van der Waals surface area contributed by atoms with Crippen LogP contribution in [0, 0.1) is 12.8 Å². The predicted molar refractivity (Wildman–Crippen MR) is 57.7 cm³/mol. The molecule has 0 bridgehead atoms. The number of ketones is 1. The lowest BCUT2D eigenvalue weighted by Crippen LogP contribution is -2.37. The van der Waals surface area contributed by atoms with Gasteiger partial charge in [-0.1, -0.05) is 5.16 Å². The Hall–Kier alpha value is -1.23. The Morgan fingerprint density at radius 1 is 1.62 bits per heavy atom. The zero-order chi connectivity index (χ0) is 11.5. The quantitative estimate of drug-likeness (QED) is 0.770. The van der Waals surface area contributed by atoms with Crippen molar-refractivity contribution in [3.63, 3.8) is 0 Å². The molecule has 0 aromatic carbocycles. The molecule has 16 heavy (non-hydrogen) atoms. The molecule has 0 spiro atoms. The molecule has 1 aromatic rings. The van der Waals surface area contributed by atoms with E-state index in [2.05, 4.69) is 15.0 Å². The SMILES string of the molecule is CC(=O)C1CCCN(Cc2noc(C)n2)C1. The Balaban J connectivity index is 1.92. The monoisotopic (exact) mass is 223 g/mol. The minimum atomic E-state index is 0.182. The third-order valence-corrected chi connectivity index (χ3v) is 3.02. The molecule has 2 heterocycles. The zero-order valence-corrected chi connectivity index (χ0v) is 9.77. The standard InChI is InChI=1S/C11H17N3O2/c1-8(15)10-4-3-5-14(6-10)7-11-12-9(2)16-13-11/h10H,3-7H2,1-2H3. The van der Waals surface area contributed by atoms with E-state index in [9.17, 15) is 4.79 Å². The number of hydrogen-bond donors (Lipinski definition) is 0. The number of rotatable bonds is 3. The van der Waals surface area contributed by atoms with Crippen molar-refractivity contribution in [3.8, 4) is 0 Å². The van der Waals surface area contributed by atoms with Gasteiger partial charge in [0.2, 0.25) is 5.89 Å². The number of carbonyl (C=O) groups is 1. The molecular weight excluding hydrogens is 206 g/mol. The van der Waals surface area contributed by atoms with E-state index >= 15 is 0 Å². The van der Waals surface area contributed by atoms with Gasteiger partial charge in [-0.05, 0) is 26.3 Å². The predicted octanol–water partition coefficient (Wildman–Crippen LogP) is 1.18. The minimum absolute atomic E-state index is 0.182. The number of hydrogen-bond acceptors (Lipinski definition) is 5. The highest BCUT2D eigenvalue weighted by Crippen LogP contribution is 2.18. The summed E-state index contributed by atoms with van der Waals surface area (Å²) in [4.78, 5) is 17.7. The van der Waals surface area contributed by atoms with Crippen molar-refractivity contribution in [3.05, 3.63) is 11.7 Å². The average Bonchev–Trinajstić information content (AvgIpc) is 2.64. The maximum Gasteiger partial charge on any atom is 0.223 e. The molecule has 0 aliphatic carbocycles. The molecule has 1 aliphatic heterocycles. The van der Waals surface area contributed by atoms with Gasteiger partial charge in [0.1, 0.15) is 5.78 Å². The van der Waals surface area contributed by atoms with Crippen LogP contribution in [0.15, 0.2) is 4.52 Å². The summed E-state index contributed by atoms with van der Waals surface area (Å²) in [5.41, 5.74) is 0. The number of aromatic nitrogens is 2. The van der Waals surface area contributed by atoms with Crippen LogP contribution >= 0.6 is 0 Å². The van der Waals surface area contributed by atoms with E-state index in [1.54, 1.807) is 13.8 Å². The molecular formula is C11H17N3O2. The highest BCUT2D eigenvalue weighted by atomic mass is 16.5. The lowest BCUT2D eigenvalue weighted by atomic mass is 9.95. The maximum absolute atomic E-state index is 11.3. The van der Waals surface area contributed by atoms with Crippen LogP contribution in [-0.4, -0.2) is 33.9 Å². The molecule has 0 saturated carbocycles. The molecule has 1 atom stereocenters. The van der Waals surface area contributed by atoms with E-state index < -0.39 is 0 Å². The van der Waals surface area contributed by atoms with Crippen molar-refractivity contribution in [2.45, 2.75) is 33.2 Å². The summed E-state index contributed by atoms with van der Waals surface area (Å²) in [5, 5.41) is 3.87. The maximum atomic E-state index is 11.3. The lowest BCUT2D eigenvalue weighted by Gasteiger charge is -2.30. The zero-order valence-electron chi connectivity index (χ0n) is 9.77. The molecule has 5 heteroatoms. The summed E-state index contributed by atoms with van der Waals surface area (Å²) < 4.78 is 4.93. The Morgan fingerprint density at radius 3 is 3.06 bits per heavy atom. The second-order valence-electron chi connectivity index (χ2n) is 4.41. The van der Waals surface area contributed by atoms with Crippen LogP contribution in [-0.2, 0) is 11.3 Å². The summed E-state index contributed by atoms with van der Waals surface area (Å²) >= 11 is 0. The highest BCUT2D eigenvalue weighted by Gasteiger charge is 2.23. The van der Waals surface area contributed by atoms with Crippen molar-refractivity contribution in [2.24, 2.45) is 5.92 Å². The van der Waals surface area contributed by atoms with Crippen LogP contribution < -0.4 is 0 Å². The topological polar surface area (TPSA) is 59.2 Å². The molecule has 1 fully saturated rings. The number of nitrogens with zero attached hydrogens (tertiary/aromatic N) is 3. The molecule has 0 radical (unpaired) electrons. The molecule has 1 aromatic heterocycles. The second kappa shape index (κ2) is 4.74. The number of piperidine rings is 1. The summed E-state index contributed by atoms with van der Waals surface area (Å²) in [7, 11) is 0. The molecule has 0 amide bonds. The van der Waals surface area contributed by atoms with Gasteiger partial charge < -0.3 is 4.52 Å². The van der Waals surface area contributed by atoms with Crippen LogP contribution in [0.2, 0.25) is 0 Å². The average molecular weight is 223 g/mol. The van der Waals surface area contributed by atoms with E-state index in [-0.39, 0.29) is 11.7 Å². The van der Waals surface area contributed by atoms with Gasteiger partial charge in [-0.25, -0.2) is 0 Å². The number of likely N-dealkylation sites (tertiary alicyclic amines) is 1. The Kier molecular flexibility index (Phi) is 3.33. The van der Waals surface area contributed by atoms with Gasteiger partial charge >= 0.3 is 0 Å². The fourth-order valence-electron chi connectivity index (χ4n) is 2.14. The molecule has 0 N–H and O–H groups in total. The molecule has 88 valence electrons. The first-order valence-electron chi connectivity index (χ1n) is 5.67. The van der Waals surface area contributed by atoms with Gasteiger partial charge in [-0.2, -0.15) is 4.98 Å². The normalized spacial score (nSPS) is 22.2. The van der Waals surface area contributed by atoms with E-state index in [0.29, 0.717) is 18.3 Å². The third kappa shape index (κ3) is 2.66. The molecule has 5 nitrogen and oxygen atoms in total. The summed E-state index contributed by atoms with van der Waals surface area (Å²) in [6, 6.07) is 0. The van der Waals surface area contributed by atoms with Crippen LogP contribution in [0.25, 0.3) is 0 Å². The van der Waals surface area contributed by atoms with Crippen molar-refractivity contribution in [2.75, 3.05) is 13.1 Å². The number of carbonyl (C=O) groups excluding carboxylic acids is 1. The van der Waals surface area contributed by atoms with Gasteiger partial charge in [0, 0.05) is 19.4 Å². The van der Waals surface area contributed by atoms with Gasteiger partial charge in [0.05, 0.1) is 6.54 Å². The van der Waals surface area contributed by atoms with Crippen LogP contribution in [0.5, 0.6) is 0 Å². The lowest BCUT2D eigenvalue weighted by molar-refractivity contribution is -0.122. The summed E-state index contributed by atoms with van der Waals surface area (Å²) in [6.07, 6.45) is 2.08. The Morgan fingerprint density at radius 2 is 2.44 bits per heavy atom. The highest BCUT2D eigenvalue weighted by molar-refractivity contribution is 5.78. The number of Topliss-reactive ketones (excluding diaryl/α,β-unsaturated/α-hetero) is 1. The first-order valence-corrected chi connectivity index (χ1v) is 5.67. The van der Waals surface area contributed by atoms with Crippen LogP contribution in [0.1, 0.15) is 31.5 Å². The summed E-state index contributed by atoms with van der Waals surface area (Å²) in [6.45, 7) is 5.97. The van der Waals surface area contributed by atoms with Gasteiger partial charge in [0.25, 0.3) is 0 Å². The molecule has 2 rings (SSSR count). The Labute approximate surface area is 94.8 Å². The second-order valence-corrected chi connectivity index (χ2v) is 4.41. The van der Waals surface area contributed by atoms with Crippen LogP contribution in [0.3, 0.4) is 0 Å². The van der Waals surface area contributed by atoms with Crippen molar-refractivity contribution >= 4 is 5.78 Å². The largest absolute Gasteiger partial charge is 0.340 e. The van der Waals surface area contributed by atoms with E-state index in [1.807, 2.05) is 0 Å². The molecule has 1 aliphatic rings. The Bertz CT molecular complexity index is 375. The van der Waals surface area contributed by atoms with E-state index in [1.165, 1.54) is 0 Å². The first-order chi connectivity index (χ1) is 7.65. The smallest absolute Gasteiger partial charge is 0.223 e. The minimum Gasteiger partial charge on any atom is -0.340 e. The van der Waals surface area contributed by atoms with Crippen molar-refractivity contribution in [1.29, 1.82) is 0 Å². The van der Waals surface area contributed by atoms with Gasteiger partial charge in [-0.3, -0.25) is 9.69 Å². The summed E-state index contributed by atoms with van der Waals surface area (Å²) in [5.74, 6) is 1.77.